The summed E-state index contributed by atoms with van der Waals surface area (Å²) in [5.41, 5.74) is 1.36. The maximum atomic E-state index is 11.7. The monoisotopic (exact) mass is 281 g/mol. The standard InChI is InChI=1S/C16H11NO2S/c18-16-14(11-13-7-4-10-20-13)17-15(19-16)9-8-12-5-2-1-3-6-12/h1-11H/b9-8-,14-11+. The molecule has 0 unspecified atom stereocenters. The van der Waals surface area contributed by atoms with Crippen molar-refractivity contribution in [1.82, 2.24) is 0 Å². The molecule has 0 N–H and O–H groups in total. The summed E-state index contributed by atoms with van der Waals surface area (Å²) >= 11 is 1.55. The van der Waals surface area contributed by atoms with Crippen LogP contribution in [-0.2, 0) is 9.53 Å². The molecule has 1 aromatic heterocycles. The molecule has 98 valence electrons. The second-order valence-corrected chi connectivity index (χ2v) is 5.11. The van der Waals surface area contributed by atoms with Crippen LogP contribution in [0.5, 0.6) is 0 Å². The number of benzene rings is 1. The van der Waals surface area contributed by atoms with E-state index in [1.54, 1.807) is 23.5 Å². The summed E-state index contributed by atoms with van der Waals surface area (Å²) in [6.45, 7) is 0. The van der Waals surface area contributed by atoms with Crippen LogP contribution in [0.15, 0.2) is 64.6 Å². The van der Waals surface area contributed by atoms with E-state index < -0.39 is 5.97 Å². The van der Waals surface area contributed by atoms with Crippen LogP contribution in [0.3, 0.4) is 0 Å². The van der Waals surface area contributed by atoms with Crippen molar-refractivity contribution >= 4 is 35.4 Å². The molecule has 0 amide bonds. The first-order valence-corrected chi connectivity index (χ1v) is 6.98. The average Bonchev–Trinajstić information content (AvgIpc) is 3.09. The highest BCUT2D eigenvalue weighted by Gasteiger charge is 2.21. The Morgan fingerprint density at radius 1 is 1.05 bits per heavy atom. The van der Waals surface area contributed by atoms with Gasteiger partial charge in [0.2, 0.25) is 5.90 Å². The molecule has 0 atom stereocenters. The maximum Gasteiger partial charge on any atom is 0.363 e. The van der Waals surface area contributed by atoms with Crippen LogP contribution in [-0.4, -0.2) is 11.9 Å². The number of hydrogen-bond donors (Lipinski definition) is 0. The van der Waals surface area contributed by atoms with Gasteiger partial charge in [-0.2, -0.15) is 0 Å². The van der Waals surface area contributed by atoms with Crippen molar-refractivity contribution in [2.45, 2.75) is 0 Å². The van der Waals surface area contributed by atoms with E-state index in [2.05, 4.69) is 4.99 Å². The van der Waals surface area contributed by atoms with Crippen molar-refractivity contribution < 1.29 is 9.53 Å². The van der Waals surface area contributed by atoms with Gasteiger partial charge in [-0.3, -0.25) is 0 Å². The maximum absolute atomic E-state index is 11.7. The van der Waals surface area contributed by atoms with Gasteiger partial charge in [0.05, 0.1) is 0 Å². The van der Waals surface area contributed by atoms with Crippen molar-refractivity contribution in [2.24, 2.45) is 4.99 Å². The topological polar surface area (TPSA) is 38.7 Å². The number of esters is 1. The van der Waals surface area contributed by atoms with Gasteiger partial charge in [-0.25, -0.2) is 9.79 Å². The molecule has 2 heterocycles. The fourth-order valence-electron chi connectivity index (χ4n) is 1.74. The Labute approximate surface area is 120 Å². The number of carbonyl (C=O) groups excluding carboxylic acids is 1. The van der Waals surface area contributed by atoms with E-state index >= 15 is 0 Å². The van der Waals surface area contributed by atoms with Crippen LogP contribution < -0.4 is 0 Å². The molecule has 3 rings (SSSR count). The van der Waals surface area contributed by atoms with Crippen LogP contribution in [0.4, 0.5) is 0 Å². The number of cyclic esters (lactones) is 1. The number of hydrogen-bond acceptors (Lipinski definition) is 4. The molecule has 0 bridgehead atoms. The smallest absolute Gasteiger partial charge is 0.363 e. The lowest BCUT2D eigenvalue weighted by atomic mass is 10.2. The summed E-state index contributed by atoms with van der Waals surface area (Å²) < 4.78 is 5.11. The molecular weight excluding hydrogens is 270 g/mol. The lowest BCUT2D eigenvalue weighted by Crippen LogP contribution is -2.00. The molecule has 20 heavy (non-hydrogen) atoms. The highest BCUT2D eigenvalue weighted by Crippen LogP contribution is 2.19. The lowest BCUT2D eigenvalue weighted by molar-refractivity contribution is -0.129. The van der Waals surface area contributed by atoms with Gasteiger partial charge in [0, 0.05) is 11.0 Å². The predicted molar refractivity (Wildman–Crippen MR) is 81.3 cm³/mol. The molecule has 0 fully saturated rings. The molecule has 2 aromatic rings. The number of nitrogens with zero attached hydrogens (tertiary/aromatic N) is 1. The first-order valence-electron chi connectivity index (χ1n) is 6.10. The van der Waals surface area contributed by atoms with Gasteiger partial charge in [0.25, 0.3) is 0 Å². The minimum Gasteiger partial charge on any atom is -0.403 e. The Hall–Kier alpha value is -2.46. The van der Waals surface area contributed by atoms with E-state index in [4.69, 9.17) is 4.74 Å². The van der Waals surface area contributed by atoms with Gasteiger partial charge in [0.1, 0.15) is 0 Å². The van der Waals surface area contributed by atoms with E-state index in [0.717, 1.165) is 10.4 Å². The summed E-state index contributed by atoms with van der Waals surface area (Å²) in [5, 5.41) is 1.95. The molecule has 1 aromatic carbocycles. The molecule has 0 saturated carbocycles. The van der Waals surface area contributed by atoms with Gasteiger partial charge in [-0.05, 0) is 29.2 Å². The van der Waals surface area contributed by atoms with Crippen LogP contribution in [0.2, 0.25) is 0 Å². The van der Waals surface area contributed by atoms with Gasteiger partial charge >= 0.3 is 5.97 Å². The Kier molecular flexibility index (Phi) is 3.56. The number of carbonyl (C=O) groups is 1. The minimum absolute atomic E-state index is 0.321. The fraction of sp³-hybridized carbons (Fsp3) is 0. The zero-order valence-corrected chi connectivity index (χ0v) is 11.3. The first-order chi connectivity index (χ1) is 9.81. The second kappa shape index (κ2) is 5.67. The number of thiophene rings is 1. The van der Waals surface area contributed by atoms with E-state index in [0.29, 0.717) is 11.6 Å². The number of ether oxygens (including phenoxy) is 1. The van der Waals surface area contributed by atoms with Crippen LogP contribution >= 0.6 is 11.3 Å². The molecule has 0 spiro atoms. The van der Waals surface area contributed by atoms with E-state index in [1.165, 1.54) is 0 Å². The number of rotatable bonds is 3. The molecule has 0 radical (unpaired) electrons. The Bertz CT molecular complexity index is 697. The van der Waals surface area contributed by atoms with E-state index in [1.807, 2.05) is 53.9 Å². The highest BCUT2D eigenvalue weighted by molar-refractivity contribution is 7.10. The Morgan fingerprint density at radius 2 is 1.90 bits per heavy atom. The van der Waals surface area contributed by atoms with Gasteiger partial charge < -0.3 is 4.74 Å². The van der Waals surface area contributed by atoms with Crippen molar-refractivity contribution in [3.8, 4) is 0 Å². The quantitative estimate of drug-likeness (QED) is 0.634. The van der Waals surface area contributed by atoms with Crippen molar-refractivity contribution in [3.05, 3.63) is 70.1 Å². The molecule has 0 aliphatic carbocycles. The first kappa shape index (κ1) is 12.6. The van der Waals surface area contributed by atoms with Gasteiger partial charge in [-0.1, -0.05) is 36.4 Å². The third kappa shape index (κ3) is 2.92. The highest BCUT2D eigenvalue weighted by atomic mass is 32.1. The molecule has 1 aliphatic rings. The van der Waals surface area contributed by atoms with Crippen LogP contribution in [0.25, 0.3) is 12.2 Å². The van der Waals surface area contributed by atoms with Crippen molar-refractivity contribution in [3.63, 3.8) is 0 Å². The zero-order valence-electron chi connectivity index (χ0n) is 10.5. The molecule has 0 saturated heterocycles. The SMILES string of the molecule is O=C1OC(/C=C\c2ccccc2)=NC/1=C/c1cccs1. The van der Waals surface area contributed by atoms with Crippen LogP contribution in [0.1, 0.15) is 10.4 Å². The summed E-state index contributed by atoms with van der Waals surface area (Å²) in [4.78, 5) is 16.9. The largest absolute Gasteiger partial charge is 0.403 e. The summed E-state index contributed by atoms with van der Waals surface area (Å²) in [6, 6.07) is 13.6. The summed E-state index contributed by atoms with van der Waals surface area (Å²) in [7, 11) is 0. The zero-order chi connectivity index (χ0) is 13.8. The van der Waals surface area contributed by atoms with Gasteiger partial charge in [-0.15, -0.1) is 11.3 Å². The van der Waals surface area contributed by atoms with E-state index in [-0.39, 0.29) is 0 Å². The molecule has 1 aliphatic heterocycles. The summed E-state index contributed by atoms with van der Waals surface area (Å²) in [5.74, 6) is -0.0900. The minimum atomic E-state index is -0.411. The predicted octanol–water partition coefficient (Wildman–Crippen LogP) is 3.76. The fourth-order valence-corrected chi connectivity index (χ4v) is 2.39. The molecular formula is C16H11NO2S. The number of aliphatic imine (C=N–C) groups is 1. The van der Waals surface area contributed by atoms with Crippen molar-refractivity contribution in [2.75, 3.05) is 0 Å². The Balaban J connectivity index is 1.79. The second-order valence-electron chi connectivity index (χ2n) is 4.13. The summed E-state index contributed by atoms with van der Waals surface area (Å²) in [6.07, 6.45) is 5.29. The van der Waals surface area contributed by atoms with Crippen molar-refractivity contribution in [1.29, 1.82) is 0 Å². The van der Waals surface area contributed by atoms with E-state index in [9.17, 15) is 4.79 Å². The normalized spacial score (nSPS) is 16.7. The lowest BCUT2D eigenvalue weighted by Gasteiger charge is -1.92. The average molecular weight is 281 g/mol. The third-order valence-corrected chi connectivity index (χ3v) is 3.50. The molecule has 4 heteroatoms. The van der Waals surface area contributed by atoms with Crippen LogP contribution in [0, 0.1) is 0 Å². The van der Waals surface area contributed by atoms with Gasteiger partial charge in [0.15, 0.2) is 5.70 Å². The third-order valence-electron chi connectivity index (χ3n) is 2.68. The molecule has 3 nitrogen and oxygen atoms in total. The Morgan fingerprint density at radius 3 is 2.65 bits per heavy atom.